The van der Waals surface area contributed by atoms with E-state index in [-0.39, 0.29) is 18.3 Å². The molecule has 0 aliphatic heterocycles. The van der Waals surface area contributed by atoms with Gasteiger partial charge < -0.3 is 20.1 Å². The number of carbonyl (C=O) groups is 3. The summed E-state index contributed by atoms with van der Waals surface area (Å²) in [6.07, 6.45) is 3.00. The number of hydrogen-bond donors (Lipinski definition) is 3. The first-order valence-corrected chi connectivity index (χ1v) is 10.2. The van der Waals surface area contributed by atoms with Gasteiger partial charge in [-0.2, -0.15) is 5.10 Å². The van der Waals surface area contributed by atoms with E-state index in [1.54, 1.807) is 24.3 Å². The predicted molar refractivity (Wildman–Crippen MR) is 122 cm³/mol. The molecule has 0 aromatic heterocycles. The van der Waals surface area contributed by atoms with Crippen molar-refractivity contribution < 1.29 is 23.9 Å². The quantitative estimate of drug-likeness (QED) is 0.227. The largest absolute Gasteiger partial charge is 0.493 e. The van der Waals surface area contributed by atoms with E-state index in [0.29, 0.717) is 23.5 Å². The molecule has 2 aromatic carbocycles. The topological polar surface area (TPSA) is 118 Å². The van der Waals surface area contributed by atoms with Crippen LogP contribution in [0.25, 0.3) is 0 Å². The first-order chi connectivity index (χ1) is 15.5. The predicted octanol–water partition coefficient (Wildman–Crippen LogP) is 2.39. The number of carbonyl (C=O) groups excluding carboxylic acids is 3. The van der Waals surface area contributed by atoms with Crippen molar-refractivity contribution in [3.05, 3.63) is 53.6 Å². The molecule has 0 saturated carbocycles. The average molecular weight is 441 g/mol. The van der Waals surface area contributed by atoms with Crippen molar-refractivity contribution in [2.45, 2.75) is 26.7 Å². The van der Waals surface area contributed by atoms with Gasteiger partial charge >= 0.3 is 11.8 Å². The highest BCUT2D eigenvalue weighted by Gasteiger charge is 2.14. The number of ether oxygens (including phenoxy) is 2. The van der Waals surface area contributed by atoms with Gasteiger partial charge in [0.1, 0.15) is 0 Å². The van der Waals surface area contributed by atoms with Gasteiger partial charge in [0.25, 0.3) is 5.91 Å². The van der Waals surface area contributed by atoms with Crippen LogP contribution in [-0.2, 0) is 14.4 Å². The molecule has 170 valence electrons. The molecule has 0 aliphatic carbocycles. The Morgan fingerprint density at radius 1 is 1.06 bits per heavy atom. The number of nitrogens with zero attached hydrogens (tertiary/aromatic N) is 1. The van der Waals surface area contributed by atoms with Gasteiger partial charge in [-0.15, -0.1) is 0 Å². The zero-order chi connectivity index (χ0) is 23.3. The maximum Gasteiger partial charge on any atom is 0.329 e. The molecule has 32 heavy (non-hydrogen) atoms. The van der Waals surface area contributed by atoms with Crippen molar-refractivity contribution in [3.63, 3.8) is 0 Å². The number of nitrogens with one attached hydrogen (secondary N) is 3. The second kappa shape index (κ2) is 12.7. The van der Waals surface area contributed by atoms with E-state index in [4.69, 9.17) is 9.47 Å². The standard InChI is InChI=1S/C23H28N4O5/c1-4-5-13-24-22(29)23(30)27-25-14-17-10-8-12-19(31-3)21(17)32-15-20(28)26-18-11-7-6-9-16(18)2/h6-12,14H,4-5,13,15H2,1-3H3,(H,24,29)(H,26,28)(H,27,30)/b25-14-. The molecular formula is C23H28N4O5. The lowest BCUT2D eigenvalue weighted by Crippen LogP contribution is -2.38. The van der Waals surface area contributed by atoms with Crippen LogP contribution in [0.2, 0.25) is 0 Å². The highest BCUT2D eigenvalue weighted by molar-refractivity contribution is 6.35. The van der Waals surface area contributed by atoms with Gasteiger partial charge in [-0.05, 0) is 37.1 Å². The maximum absolute atomic E-state index is 12.3. The summed E-state index contributed by atoms with van der Waals surface area (Å²) in [6, 6.07) is 12.5. The van der Waals surface area contributed by atoms with Gasteiger partial charge in [-0.25, -0.2) is 5.43 Å². The van der Waals surface area contributed by atoms with Crippen molar-refractivity contribution in [1.29, 1.82) is 0 Å². The Morgan fingerprint density at radius 3 is 2.56 bits per heavy atom. The third-order valence-corrected chi connectivity index (χ3v) is 4.39. The summed E-state index contributed by atoms with van der Waals surface area (Å²) in [7, 11) is 1.47. The molecule has 0 unspecified atom stereocenters. The van der Waals surface area contributed by atoms with Gasteiger partial charge in [-0.1, -0.05) is 37.6 Å². The fourth-order valence-corrected chi connectivity index (χ4v) is 2.66. The van der Waals surface area contributed by atoms with Crippen molar-refractivity contribution >= 4 is 29.6 Å². The molecule has 0 bridgehead atoms. The number of amides is 3. The minimum absolute atomic E-state index is 0.262. The number of rotatable bonds is 10. The molecule has 0 aliphatic rings. The Balaban J connectivity index is 2.01. The van der Waals surface area contributed by atoms with E-state index in [0.717, 1.165) is 18.4 Å². The monoisotopic (exact) mass is 440 g/mol. The Bertz CT molecular complexity index is 975. The average Bonchev–Trinajstić information content (AvgIpc) is 2.79. The van der Waals surface area contributed by atoms with Gasteiger partial charge in [0.05, 0.1) is 13.3 Å². The Morgan fingerprint density at radius 2 is 1.84 bits per heavy atom. The number of unbranched alkanes of at least 4 members (excludes halogenated alkanes) is 1. The second-order valence-corrected chi connectivity index (χ2v) is 6.84. The van der Waals surface area contributed by atoms with Crippen LogP contribution in [0.3, 0.4) is 0 Å². The van der Waals surface area contributed by atoms with Crippen LogP contribution in [0.15, 0.2) is 47.6 Å². The number of hydrogen-bond acceptors (Lipinski definition) is 6. The van der Waals surface area contributed by atoms with E-state index in [2.05, 4.69) is 21.2 Å². The molecule has 2 aromatic rings. The summed E-state index contributed by atoms with van der Waals surface area (Å²) in [5.74, 6) is -1.31. The summed E-state index contributed by atoms with van der Waals surface area (Å²) >= 11 is 0. The van der Waals surface area contributed by atoms with Crippen LogP contribution >= 0.6 is 0 Å². The first-order valence-electron chi connectivity index (χ1n) is 10.2. The van der Waals surface area contributed by atoms with Crippen LogP contribution < -0.4 is 25.5 Å². The highest BCUT2D eigenvalue weighted by Crippen LogP contribution is 2.30. The lowest BCUT2D eigenvalue weighted by atomic mass is 10.2. The summed E-state index contributed by atoms with van der Waals surface area (Å²) in [6.45, 7) is 4.03. The van der Waals surface area contributed by atoms with Crippen molar-refractivity contribution in [2.24, 2.45) is 5.10 Å². The summed E-state index contributed by atoms with van der Waals surface area (Å²) in [5, 5.41) is 9.11. The van der Waals surface area contributed by atoms with Crippen LogP contribution in [0.4, 0.5) is 5.69 Å². The SMILES string of the molecule is CCCCNC(=O)C(=O)N/N=C\c1cccc(OC)c1OCC(=O)Nc1ccccc1C. The molecule has 0 atom stereocenters. The summed E-state index contributed by atoms with van der Waals surface area (Å²) < 4.78 is 11.0. The molecule has 9 heteroatoms. The van der Waals surface area contributed by atoms with E-state index >= 15 is 0 Å². The van der Waals surface area contributed by atoms with Crippen LogP contribution in [0.5, 0.6) is 11.5 Å². The number of hydrazone groups is 1. The van der Waals surface area contributed by atoms with Crippen molar-refractivity contribution in [3.8, 4) is 11.5 Å². The van der Waals surface area contributed by atoms with Gasteiger partial charge in [0, 0.05) is 17.8 Å². The number of methoxy groups -OCH3 is 1. The molecule has 0 fully saturated rings. The third-order valence-electron chi connectivity index (χ3n) is 4.39. The number of aryl methyl sites for hydroxylation is 1. The fraction of sp³-hybridized carbons (Fsp3) is 0.304. The van der Waals surface area contributed by atoms with Gasteiger partial charge in [-0.3, -0.25) is 14.4 Å². The molecule has 2 rings (SSSR count). The molecule has 0 saturated heterocycles. The molecular weight excluding hydrogens is 412 g/mol. The molecule has 0 radical (unpaired) electrons. The second-order valence-electron chi connectivity index (χ2n) is 6.84. The Hall–Kier alpha value is -3.88. The van der Waals surface area contributed by atoms with Crippen molar-refractivity contribution in [1.82, 2.24) is 10.7 Å². The highest BCUT2D eigenvalue weighted by atomic mass is 16.5. The van der Waals surface area contributed by atoms with E-state index < -0.39 is 11.8 Å². The summed E-state index contributed by atoms with van der Waals surface area (Å²) in [5.41, 5.74) is 4.26. The van der Waals surface area contributed by atoms with Crippen LogP contribution in [0, 0.1) is 6.92 Å². The Kier molecular flexibility index (Phi) is 9.70. The molecule has 0 heterocycles. The van der Waals surface area contributed by atoms with Gasteiger partial charge in [0.15, 0.2) is 18.1 Å². The Labute approximate surface area is 187 Å². The molecule has 9 nitrogen and oxygen atoms in total. The number of anilines is 1. The van der Waals surface area contributed by atoms with E-state index in [1.807, 2.05) is 32.0 Å². The zero-order valence-electron chi connectivity index (χ0n) is 18.4. The van der Waals surface area contributed by atoms with E-state index in [1.165, 1.54) is 13.3 Å². The summed E-state index contributed by atoms with van der Waals surface area (Å²) in [4.78, 5) is 35.8. The fourth-order valence-electron chi connectivity index (χ4n) is 2.66. The van der Waals surface area contributed by atoms with Crippen LogP contribution in [-0.4, -0.2) is 44.2 Å². The van der Waals surface area contributed by atoms with E-state index in [9.17, 15) is 14.4 Å². The van der Waals surface area contributed by atoms with Gasteiger partial charge in [0.2, 0.25) is 0 Å². The number of benzene rings is 2. The van der Waals surface area contributed by atoms with Crippen molar-refractivity contribution in [2.75, 3.05) is 25.6 Å². The van der Waals surface area contributed by atoms with Crippen LogP contribution in [0.1, 0.15) is 30.9 Å². The first kappa shape index (κ1) is 24.4. The lowest BCUT2D eigenvalue weighted by Gasteiger charge is -2.13. The third kappa shape index (κ3) is 7.42. The normalized spacial score (nSPS) is 10.5. The zero-order valence-corrected chi connectivity index (χ0v) is 18.4. The smallest absolute Gasteiger partial charge is 0.329 e. The number of para-hydroxylation sites is 2. The molecule has 0 spiro atoms. The molecule has 3 amide bonds. The maximum atomic E-state index is 12.3. The minimum Gasteiger partial charge on any atom is -0.493 e. The molecule has 3 N–H and O–H groups in total. The minimum atomic E-state index is -0.875. The lowest BCUT2D eigenvalue weighted by molar-refractivity contribution is -0.139.